The minimum absolute atomic E-state index is 0.0807. The first-order chi connectivity index (χ1) is 8.47. The second-order valence-electron chi connectivity index (χ2n) is 3.93. The van der Waals surface area contributed by atoms with Crippen LogP contribution in [0.5, 0.6) is 0 Å². The van der Waals surface area contributed by atoms with E-state index in [0.717, 1.165) is 24.3 Å². The van der Waals surface area contributed by atoms with E-state index in [1.165, 1.54) is 11.3 Å². The summed E-state index contributed by atoms with van der Waals surface area (Å²) in [5.74, 6) is 0.0807. The Balaban J connectivity index is 2.21. The lowest BCUT2D eigenvalue weighted by Crippen LogP contribution is -2.01. The van der Waals surface area contributed by atoms with Gasteiger partial charge in [0.25, 0.3) is 0 Å². The topological polar surface area (TPSA) is 17.1 Å². The van der Waals surface area contributed by atoms with Crippen LogP contribution in [0.25, 0.3) is 0 Å². The lowest BCUT2D eigenvalue weighted by atomic mass is 10.1. The molecule has 0 bridgehead atoms. The van der Waals surface area contributed by atoms with Gasteiger partial charge in [0, 0.05) is 15.9 Å². The van der Waals surface area contributed by atoms with Gasteiger partial charge >= 0.3 is 0 Å². The highest BCUT2D eigenvalue weighted by atomic mass is 79.9. The van der Waals surface area contributed by atoms with Crippen LogP contribution in [0.1, 0.15) is 20.8 Å². The van der Waals surface area contributed by atoms with Crippen molar-refractivity contribution in [3.8, 4) is 0 Å². The average molecular weight is 409 g/mol. The number of ketones is 1. The molecule has 0 unspecified atom stereocenters. The number of carbonyl (C=O) groups excluding carboxylic acids is 1. The molecule has 94 valence electrons. The van der Waals surface area contributed by atoms with Crippen LogP contribution in [0.2, 0.25) is 5.02 Å². The molecule has 5 heteroatoms. The fourth-order valence-electron chi connectivity index (χ4n) is 1.54. The van der Waals surface area contributed by atoms with Crippen LogP contribution in [-0.4, -0.2) is 5.78 Å². The van der Waals surface area contributed by atoms with Crippen molar-refractivity contribution >= 4 is 60.6 Å². The number of thiophene rings is 1. The Kier molecular flexibility index (Phi) is 4.64. The maximum atomic E-state index is 12.1. The summed E-state index contributed by atoms with van der Waals surface area (Å²) in [7, 11) is 0. The molecule has 0 radical (unpaired) electrons. The number of benzene rings is 1. The van der Waals surface area contributed by atoms with E-state index in [0.29, 0.717) is 11.4 Å². The van der Waals surface area contributed by atoms with Crippen LogP contribution in [0.15, 0.2) is 32.5 Å². The van der Waals surface area contributed by atoms with Crippen molar-refractivity contribution in [3.63, 3.8) is 0 Å². The zero-order valence-corrected chi connectivity index (χ0v) is 14.2. The van der Waals surface area contributed by atoms with Crippen molar-refractivity contribution in [1.29, 1.82) is 0 Å². The van der Waals surface area contributed by atoms with Crippen LogP contribution in [0.4, 0.5) is 0 Å². The summed E-state index contributed by atoms with van der Waals surface area (Å²) in [5, 5.41) is 0.651. The smallest absolute Gasteiger partial charge is 0.177 e. The van der Waals surface area contributed by atoms with Crippen molar-refractivity contribution in [2.45, 2.75) is 13.3 Å². The molecule has 0 saturated heterocycles. The monoisotopic (exact) mass is 406 g/mol. The van der Waals surface area contributed by atoms with Crippen molar-refractivity contribution in [2.24, 2.45) is 0 Å². The van der Waals surface area contributed by atoms with Crippen LogP contribution in [0, 0.1) is 6.92 Å². The van der Waals surface area contributed by atoms with Gasteiger partial charge in [-0.25, -0.2) is 0 Å². The number of aryl methyl sites for hydroxylation is 1. The van der Waals surface area contributed by atoms with E-state index < -0.39 is 0 Å². The highest BCUT2D eigenvalue weighted by Gasteiger charge is 2.14. The molecule has 1 nitrogen and oxygen atoms in total. The lowest BCUT2D eigenvalue weighted by Gasteiger charge is -2.03. The average Bonchev–Trinajstić information content (AvgIpc) is 2.63. The van der Waals surface area contributed by atoms with Gasteiger partial charge in [0.05, 0.1) is 8.66 Å². The SMILES string of the molecule is Cc1ccc(CC(=O)c2cc(Br)c(Br)s2)c(Cl)c1. The third kappa shape index (κ3) is 3.23. The van der Waals surface area contributed by atoms with Gasteiger partial charge in [-0.2, -0.15) is 0 Å². The second kappa shape index (κ2) is 5.87. The normalized spacial score (nSPS) is 10.7. The van der Waals surface area contributed by atoms with Crippen LogP contribution in [0.3, 0.4) is 0 Å². The first-order valence-electron chi connectivity index (χ1n) is 5.20. The molecule has 0 N–H and O–H groups in total. The van der Waals surface area contributed by atoms with Gasteiger partial charge in [-0.15, -0.1) is 11.3 Å². The molecule has 1 heterocycles. The van der Waals surface area contributed by atoms with E-state index >= 15 is 0 Å². The van der Waals surface area contributed by atoms with Crippen LogP contribution >= 0.6 is 54.8 Å². The fraction of sp³-hybridized carbons (Fsp3) is 0.154. The molecule has 0 amide bonds. The fourth-order valence-corrected chi connectivity index (χ4v) is 3.81. The molecule has 0 spiro atoms. The Labute approximate surface area is 131 Å². The summed E-state index contributed by atoms with van der Waals surface area (Å²) >= 11 is 14.3. The number of hydrogen-bond donors (Lipinski definition) is 0. The molecule has 2 rings (SSSR count). The minimum atomic E-state index is 0.0807. The molecule has 0 aliphatic heterocycles. The number of hydrogen-bond acceptors (Lipinski definition) is 2. The molecule has 18 heavy (non-hydrogen) atoms. The molecule has 0 aliphatic carbocycles. The summed E-state index contributed by atoms with van der Waals surface area (Å²) in [6.07, 6.45) is 0.332. The van der Waals surface area contributed by atoms with Crippen molar-refractivity contribution < 1.29 is 4.79 Å². The second-order valence-corrected chi connectivity index (χ2v) is 7.56. The Morgan fingerprint density at radius 2 is 2.06 bits per heavy atom. The minimum Gasteiger partial charge on any atom is -0.293 e. The first-order valence-corrected chi connectivity index (χ1v) is 7.98. The van der Waals surface area contributed by atoms with Gasteiger partial charge in [-0.05, 0) is 62.0 Å². The Hall–Kier alpha value is -0.160. The van der Waals surface area contributed by atoms with Crippen molar-refractivity contribution in [3.05, 3.63) is 53.6 Å². The lowest BCUT2D eigenvalue weighted by molar-refractivity contribution is 0.0997. The van der Waals surface area contributed by atoms with E-state index in [9.17, 15) is 4.79 Å². The highest BCUT2D eigenvalue weighted by Crippen LogP contribution is 2.33. The number of Topliss-reactive ketones (excluding diaryl/α,β-unsaturated/α-hetero) is 1. The Morgan fingerprint density at radius 1 is 1.33 bits per heavy atom. The molecule has 0 saturated carbocycles. The molecular weight excluding hydrogens is 399 g/mol. The number of halogens is 3. The first kappa shape index (κ1) is 14.3. The summed E-state index contributed by atoms with van der Waals surface area (Å²) in [4.78, 5) is 12.9. The molecule has 1 aromatic heterocycles. The van der Waals surface area contributed by atoms with Gasteiger partial charge in [-0.3, -0.25) is 4.79 Å². The molecule has 0 atom stereocenters. The summed E-state index contributed by atoms with van der Waals surface area (Å²) < 4.78 is 1.84. The summed E-state index contributed by atoms with van der Waals surface area (Å²) in [6, 6.07) is 7.59. The zero-order chi connectivity index (χ0) is 13.3. The number of carbonyl (C=O) groups is 1. The van der Waals surface area contributed by atoms with E-state index in [1.807, 2.05) is 31.2 Å². The van der Waals surface area contributed by atoms with Crippen LogP contribution < -0.4 is 0 Å². The van der Waals surface area contributed by atoms with Crippen molar-refractivity contribution in [1.82, 2.24) is 0 Å². The van der Waals surface area contributed by atoms with Gasteiger partial charge in [0.15, 0.2) is 5.78 Å². The van der Waals surface area contributed by atoms with E-state index in [4.69, 9.17) is 11.6 Å². The van der Waals surface area contributed by atoms with E-state index in [2.05, 4.69) is 31.9 Å². The third-order valence-corrected chi connectivity index (χ3v) is 6.13. The Bertz CT molecular complexity index is 588. The van der Waals surface area contributed by atoms with Crippen LogP contribution in [-0.2, 0) is 6.42 Å². The molecule has 2 aromatic rings. The summed E-state index contributed by atoms with van der Waals surface area (Å²) in [6.45, 7) is 1.98. The van der Waals surface area contributed by atoms with Gasteiger partial charge < -0.3 is 0 Å². The summed E-state index contributed by atoms with van der Waals surface area (Å²) in [5.41, 5.74) is 1.96. The zero-order valence-electron chi connectivity index (χ0n) is 9.47. The molecular formula is C13H9Br2ClOS. The molecule has 0 aliphatic rings. The van der Waals surface area contributed by atoms with Gasteiger partial charge in [-0.1, -0.05) is 23.7 Å². The van der Waals surface area contributed by atoms with Gasteiger partial charge in [0.1, 0.15) is 0 Å². The Morgan fingerprint density at radius 3 is 2.61 bits per heavy atom. The predicted octanol–water partition coefficient (Wildman–Crippen LogP) is 5.66. The molecule has 0 fully saturated rings. The standard InChI is InChI=1S/C13H9Br2ClOS/c1-7-2-3-8(10(16)4-7)5-11(17)12-6-9(14)13(15)18-12/h2-4,6H,5H2,1H3. The largest absolute Gasteiger partial charge is 0.293 e. The highest BCUT2D eigenvalue weighted by molar-refractivity contribution is 9.13. The number of rotatable bonds is 3. The maximum Gasteiger partial charge on any atom is 0.177 e. The predicted molar refractivity (Wildman–Crippen MR) is 83.9 cm³/mol. The van der Waals surface area contributed by atoms with Crippen molar-refractivity contribution in [2.75, 3.05) is 0 Å². The van der Waals surface area contributed by atoms with E-state index in [1.54, 1.807) is 0 Å². The molecule has 1 aromatic carbocycles. The third-order valence-electron chi connectivity index (χ3n) is 2.48. The van der Waals surface area contributed by atoms with Gasteiger partial charge in [0.2, 0.25) is 0 Å². The quantitative estimate of drug-likeness (QED) is 0.599. The van der Waals surface area contributed by atoms with E-state index in [-0.39, 0.29) is 5.78 Å². The maximum absolute atomic E-state index is 12.1.